The van der Waals surface area contributed by atoms with Crippen molar-refractivity contribution in [2.45, 2.75) is 115 Å². The molecular weight excluding hydrogens is 462 g/mol. The van der Waals surface area contributed by atoms with Crippen molar-refractivity contribution in [3.8, 4) is 0 Å². The Balaban J connectivity index is 1.48. The molecule has 0 aliphatic carbocycles. The molecular formula is C28H43NO7. The Hall–Kier alpha value is -2.00. The van der Waals surface area contributed by atoms with Gasteiger partial charge in [-0.25, -0.2) is 0 Å². The summed E-state index contributed by atoms with van der Waals surface area (Å²) in [6.07, 6.45) is 10.9. The number of esters is 1. The quantitative estimate of drug-likeness (QED) is 0.214. The van der Waals surface area contributed by atoms with E-state index in [0.717, 1.165) is 31.3 Å². The molecule has 1 spiro atoms. The molecule has 3 aliphatic rings. The van der Waals surface area contributed by atoms with Gasteiger partial charge in [-0.2, -0.15) is 0 Å². The Kier molecular flexibility index (Phi) is 9.92. The van der Waals surface area contributed by atoms with Gasteiger partial charge < -0.3 is 29.4 Å². The summed E-state index contributed by atoms with van der Waals surface area (Å²) in [6, 6.07) is -0.0872. The molecule has 9 atom stereocenters. The second-order valence-corrected chi connectivity index (χ2v) is 10.6. The van der Waals surface area contributed by atoms with Crippen molar-refractivity contribution in [1.82, 2.24) is 5.32 Å². The Morgan fingerprint density at radius 2 is 1.94 bits per heavy atom. The highest BCUT2D eigenvalue weighted by Gasteiger charge is 2.57. The maximum Gasteiger partial charge on any atom is 0.303 e. The van der Waals surface area contributed by atoms with E-state index in [1.807, 2.05) is 26.0 Å². The molecule has 8 heteroatoms. The monoisotopic (exact) mass is 505 g/mol. The number of amides is 1. The van der Waals surface area contributed by atoms with E-state index in [1.165, 1.54) is 13.0 Å². The molecule has 36 heavy (non-hydrogen) atoms. The Morgan fingerprint density at radius 1 is 1.22 bits per heavy atom. The second-order valence-electron chi connectivity index (χ2n) is 10.6. The fourth-order valence-corrected chi connectivity index (χ4v) is 5.01. The van der Waals surface area contributed by atoms with Gasteiger partial charge >= 0.3 is 5.97 Å². The van der Waals surface area contributed by atoms with Gasteiger partial charge in [0.05, 0.1) is 31.0 Å². The topological polar surface area (TPSA) is 107 Å². The SMILES string of the molecule is CC[C@@H]1CC2(CO2)[C@H](O)[C@@H](/C=C/C(C)=C/CC2OC(C)[C@H](NC(=O)/C=C\C(C)OC(C)=O)CC2C)O1. The summed E-state index contributed by atoms with van der Waals surface area (Å²) in [5, 5.41) is 13.7. The smallest absolute Gasteiger partial charge is 0.303 e. The lowest BCUT2D eigenvalue weighted by Gasteiger charge is -2.39. The molecule has 5 unspecified atom stereocenters. The van der Waals surface area contributed by atoms with Gasteiger partial charge in [0, 0.05) is 19.4 Å². The molecule has 0 bridgehead atoms. The minimum absolute atomic E-state index is 0.0557. The Labute approximate surface area is 215 Å². The van der Waals surface area contributed by atoms with Crippen LogP contribution in [0.4, 0.5) is 0 Å². The molecule has 3 heterocycles. The van der Waals surface area contributed by atoms with Crippen LogP contribution in [0.3, 0.4) is 0 Å². The van der Waals surface area contributed by atoms with Crippen LogP contribution in [-0.4, -0.2) is 71.9 Å². The van der Waals surface area contributed by atoms with Gasteiger partial charge in [0.15, 0.2) is 0 Å². The number of allylic oxidation sites excluding steroid dienone is 2. The number of aliphatic hydroxyl groups excluding tert-OH is 1. The van der Waals surface area contributed by atoms with E-state index in [9.17, 15) is 14.7 Å². The summed E-state index contributed by atoms with van der Waals surface area (Å²) in [5.41, 5.74) is 0.663. The third-order valence-electron chi connectivity index (χ3n) is 7.38. The van der Waals surface area contributed by atoms with Gasteiger partial charge in [0.25, 0.3) is 0 Å². The first-order chi connectivity index (χ1) is 17.0. The highest BCUT2D eigenvalue weighted by molar-refractivity contribution is 5.87. The molecule has 3 fully saturated rings. The zero-order valence-corrected chi connectivity index (χ0v) is 22.4. The van der Waals surface area contributed by atoms with Gasteiger partial charge in [-0.3, -0.25) is 9.59 Å². The van der Waals surface area contributed by atoms with Crippen LogP contribution >= 0.6 is 0 Å². The molecule has 8 nitrogen and oxygen atoms in total. The van der Waals surface area contributed by atoms with Crippen LogP contribution in [-0.2, 0) is 28.5 Å². The number of ether oxygens (including phenoxy) is 4. The highest BCUT2D eigenvalue weighted by atomic mass is 16.6. The summed E-state index contributed by atoms with van der Waals surface area (Å²) in [5.74, 6) is -0.339. The number of hydrogen-bond acceptors (Lipinski definition) is 7. The van der Waals surface area contributed by atoms with Crippen LogP contribution in [0.5, 0.6) is 0 Å². The molecule has 0 aromatic rings. The predicted octanol–water partition coefficient (Wildman–Crippen LogP) is 3.38. The molecule has 0 aromatic carbocycles. The maximum atomic E-state index is 12.3. The van der Waals surface area contributed by atoms with E-state index in [-0.39, 0.29) is 48.3 Å². The lowest BCUT2D eigenvalue weighted by atomic mass is 9.87. The standard InChI is InChI=1S/C28H43NO7/c1-7-22-15-28(16-33-28)27(32)25(36-22)12-9-17(2)8-11-24-18(3)14-23(20(5)35-24)29-26(31)13-10-19(4)34-21(6)30/h8-10,12-13,18-20,22-25,27,32H,7,11,14-16H2,1-6H3,(H,29,31)/b12-9+,13-10-,17-8+/t18?,19?,20?,22-,23-,24?,25-,27-,28?/m1/s1. The fraction of sp³-hybridized carbons (Fsp3) is 0.714. The minimum Gasteiger partial charge on any atom is -0.459 e. The lowest BCUT2D eigenvalue weighted by molar-refractivity contribution is -0.143. The van der Waals surface area contributed by atoms with Crippen molar-refractivity contribution in [2.24, 2.45) is 5.92 Å². The van der Waals surface area contributed by atoms with E-state index < -0.39 is 17.8 Å². The molecule has 202 valence electrons. The average molecular weight is 506 g/mol. The fourth-order valence-electron chi connectivity index (χ4n) is 5.01. The number of epoxide rings is 1. The van der Waals surface area contributed by atoms with E-state index in [1.54, 1.807) is 13.0 Å². The van der Waals surface area contributed by atoms with Gasteiger partial charge in [0.1, 0.15) is 23.9 Å². The number of rotatable bonds is 9. The molecule has 3 aliphatic heterocycles. The molecule has 0 saturated carbocycles. The largest absolute Gasteiger partial charge is 0.459 e. The van der Waals surface area contributed by atoms with E-state index in [4.69, 9.17) is 18.9 Å². The van der Waals surface area contributed by atoms with Crippen molar-refractivity contribution >= 4 is 11.9 Å². The number of aliphatic hydroxyl groups is 1. The van der Waals surface area contributed by atoms with Crippen LogP contribution in [0.1, 0.15) is 67.2 Å². The van der Waals surface area contributed by atoms with Gasteiger partial charge in [-0.05, 0) is 52.0 Å². The Morgan fingerprint density at radius 3 is 2.58 bits per heavy atom. The first-order valence-electron chi connectivity index (χ1n) is 13.2. The van der Waals surface area contributed by atoms with Crippen LogP contribution < -0.4 is 5.32 Å². The Bertz CT molecular complexity index is 862. The summed E-state index contributed by atoms with van der Waals surface area (Å²) >= 11 is 0. The maximum absolute atomic E-state index is 12.3. The van der Waals surface area contributed by atoms with E-state index in [0.29, 0.717) is 6.61 Å². The van der Waals surface area contributed by atoms with Crippen LogP contribution in [0.25, 0.3) is 0 Å². The molecule has 1 amide bonds. The number of nitrogens with one attached hydrogen (secondary N) is 1. The zero-order chi connectivity index (χ0) is 26.5. The summed E-state index contributed by atoms with van der Waals surface area (Å²) in [7, 11) is 0. The first kappa shape index (κ1) is 28.6. The summed E-state index contributed by atoms with van der Waals surface area (Å²) < 4.78 is 22.9. The number of carbonyl (C=O) groups is 2. The minimum atomic E-state index is -0.640. The van der Waals surface area contributed by atoms with Crippen molar-refractivity contribution in [1.29, 1.82) is 0 Å². The normalized spacial score (nSPS) is 37.9. The highest BCUT2D eigenvalue weighted by Crippen LogP contribution is 2.43. The second kappa shape index (κ2) is 12.5. The zero-order valence-electron chi connectivity index (χ0n) is 22.4. The molecule has 2 N–H and O–H groups in total. The van der Waals surface area contributed by atoms with Gasteiger partial charge in [-0.15, -0.1) is 0 Å². The summed E-state index contributed by atoms with van der Waals surface area (Å²) in [4.78, 5) is 23.3. The molecule has 0 aromatic heterocycles. The molecule has 0 radical (unpaired) electrons. The molecule has 3 rings (SSSR count). The summed E-state index contributed by atoms with van der Waals surface area (Å²) in [6.45, 7) is 11.9. The van der Waals surface area contributed by atoms with Crippen molar-refractivity contribution in [2.75, 3.05) is 6.61 Å². The van der Waals surface area contributed by atoms with E-state index >= 15 is 0 Å². The van der Waals surface area contributed by atoms with Crippen molar-refractivity contribution in [3.63, 3.8) is 0 Å². The number of carbonyl (C=O) groups excluding carboxylic acids is 2. The van der Waals surface area contributed by atoms with Gasteiger partial charge in [0.2, 0.25) is 5.91 Å². The van der Waals surface area contributed by atoms with Crippen LogP contribution in [0.15, 0.2) is 36.0 Å². The third-order valence-corrected chi connectivity index (χ3v) is 7.38. The first-order valence-corrected chi connectivity index (χ1v) is 13.2. The lowest BCUT2D eigenvalue weighted by Crippen LogP contribution is -2.50. The van der Waals surface area contributed by atoms with Crippen LogP contribution in [0, 0.1) is 5.92 Å². The van der Waals surface area contributed by atoms with Crippen molar-refractivity contribution in [3.05, 3.63) is 36.0 Å². The van der Waals surface area contributed by atoms with Crippen LogP contribution in [0.2, 0.25) is 0 Å². The molecule has 3 saturated heterocycles. The average Bonchev–Trinajstić information content (AvgIpc) is 3.59. The van der Waals surface area contributed by atoms with Crippen molar-refractivity contribution < 1.29 is 33.6 Å². The number of hydrogen-bond donors (Lipinski definition) is 2. The third kappa shape index (κ3) is 7.75. The van der Waals surface area contributed by atoms with Gasteiger partial charge in [-0.1, -0.05) is 37.6 Å². The van der Waals surface area contributed by atoms with E-state index in [2.05, 4.69) is 25.2 Å². The predicted molar refractivity (Wildman–Crippen MR) is 136 cm³/mol.